The molecule has 0 spiro atoms. The van der Waals surface area contributed by atoms with E-state index in [9.17, 15) is 4.79 Å². The number of piperidine rings is 1. The van der Waals surface area contributed by atoms with Crippen molar-refractivity contribution in [2.75, 3.05) is 26.2 Å². The largest absolute Gasteiger partial charge is 0.450 e. The maximum Gasteiger partial charge on any atom is 0.409 e. The number of ether oxygens (including phenoxy) is 1. The number of thiazole rings is 1. The first-order chi connectivity index (χ1) is 14.2. The standard InChI is InChI=1S/C21H29N5O2S.HI/c1-3-22-20(25-17-10-12-26(13-11-17)21(27)28-4-2)23-14-18-15-29-19(24-18)16-8-6-5-7-9-16;/h5-9,15,17H,3-4,10-14H2,1-2H3,(H2,22,23,25);1H. The quantitative estimate of drug-likeness (QED) is 0.326. The van der Waals surface area contributed by atoms with Crippen molar-refractivity contribution in [3.05, 3.63) is 41.4 Å². The first kappa shape index (κ1) is 24.4. The molecule has 2 aromatic rings. The van der Waals surface area contributed by atoms with Crippen molar-refractivity contribution in [1.29, 1.82) is 0 Å². The molecule has 164 valence electrons. The van der Waals surface area contributed by atoms with Crippen molar-refractivity contribution in [3.63, 3.8) is 0 Å². The van der Waals surface area contributed by atoms with Crippen LogP contribution in [0.3, 0.4) is 0 Å². The van der Waals surface area contributed by atoms with Gasteiger partial charge in [-0.15, -0.1) is 35.3 Å². The van der Waals surface area contributed by atoms with E-state index in [-0.39, 0.29) is 36.1 Å². The van der Waals surface area contributed by atoms with Crippen molar-refractivity contribution < 1.29 is 9.53 Å². The molecule has 7 nitrogen and oxygen atoms in total. The molecule has 1 aromatic carbocycles. The van der Waals surface area contributed by atoms with E-state index in [0.717, 1.165) is 41.6 Å². The molecule has 0 bridgehead atoms. The number of likely N-dealkylation sites (tertiary alicyclic amines) is 1. The Hall–Kier alpha value is -1.88. The molecule has 1 aromatic heterocycles. The molecule has 1 aliphatic heterocycles. The number of hydrogen-bond acceptors (Lipinski definition) is 5. The van der Waals surface area contributed by atoms with Gasteiger partial charge in [0, 0.05) is 36.6 Å². The average Bonchev–Trinajstić information content (AvgIpc) is 3.23. The fourth-order valence-corrected chi connectivity index (χ4v) is 4.00. The topological polar surface area (TPSA) is 78.9 Å². The molecule has 30 heavy (non-hydrogen) atoms. The molecule has 0 radical (unpaired) electrons. The minimum absolute atomic E-state index is 0. The molecule has 1 aliphatic rings. The average molecular weight is 543 g/mol. The Bertz CT molecular complexity index is 807. The van der Waals surface area contributed by atoms with E-state index < -0.39 is 0 Å². The van der Waals surface area contributed by atoms with Crippen LogP contribution in [0.15, 0.2) is 40.7 Å². The molecule has 1 amide bonds. The van der Waals surface area contributed by atoms with Crippen molar-refractivity contribution in [2.24, 2.45) is 4.99 Å². The highest BCUT2D eigenvalue weighted by Crippen LogP contribution is 2.23. The van der Waals surface area contributed by atoms with Gasteiger partial charge in [0.15, 0.2) is 5.96 Å². The lowest BCUT2D eigenvalue weighted by Gasteiger charge is -2.32. The highest BCUT2D eigenvalue weighted by atomic mass is 127. The lowest BCUT2D eigenvalue weighted by atomic mass is 10.1. The number of nitrogens with zero attached hydrogens (tertiary/aromatic N) is 3. The predicted octanol–water partition coefficient (Wildman–Crippen LogP) is 4.10. The summed E-state index contributed by atoms with van der Waals surface area (Å²) < 4.78 is 5.08. The number of carbonyl (C=O) groups is 1. The zero-order valence-corrected chi connectivity index (χ0v) is 20.6. The smallest absolute Gasteiger partial charge is 0.409 e. The number of carbonyl (C=O) groups excluding carboxylic acids is 1. The van der Waals surface area contributed by atoms with Crippen LogP contribution < -0.4 is 10.6 Å². The predicted molar refractivity (Wildman–Crippen MR) is 133 cm³/mol. The number of nitrogens with one attached hydrogen (secondary N) is 2. The first-order valence-corrected chi connectivity index (χ1v) is 11.0. The summed E-state index contributed by atoms with van der Waals surface area (Å²) in [5, 5.41) is 9.87. The molecule has 0 saturated carbocycles. The monoisotopic (exact) mass is 543 g/mol. The summed E-state index contributed by atoms with van der Waals surface area (Å²) in [6.07, 6.45) is 1.53. The summed E-state index contributed by atoms with van der Waals surface area (Å²) in [4.78, 5) is 23.0. The van der Waals surface area contributed by atoms with Crippen molar-refractivity contribution >= 4 is 47.4 Å². The maximum absolute atomic E-state index is 11.8. The molecule has 2 heterocycles. The lowest BCUT2D eigenvalue weighted by molar-refractivity contribution is 0.0963. The van der Waals surface area contributed by atoms with Crippen LogP contribution in [0.1, 0.15) is 32.4 Å². The van der Waals surface area contributed by atoms with Crippen LogP contribution in [0.5, 0.6) is 0 Å². The van der Waals surface area contributed by atoms with E-state index in [1.807, 2.05) is 25.1 Å². The fraction of sp³-hybridized carbons (Fsp3) is 0.476. The van der Waals surface area contributed by atoms with Gasteiger partial charge in [-0.2, -0.15) is 0 Å². The summed E-state index contributed by atoms with van der Waals surface area (Å²) in [6.45, 7) is 7.01. The van der Waals surface area contributed by atoms with Crippen molar-refractivity contribution in [2.45, 2.75) is 39.3 Å². The second kappa shape index (κ2) is 12.7. The molecule has 2 N–H and O–H groups in total. The van der Waals surface area contributed by atoms with Crippen LogP contribution >= 0.6 is 35.3 Å². The fourth-order valence-electron chi connectivity index (χ4n) is 3.19. The second-order valence-electron chi connectivity index (χ2n) is 6.81. The zero-order chi connectivity index (χ0) is 20.5. The highest BCUT2D eigenvalue weighted by Gasteiger charge is 2.24. The van der Waals surface area contributed by atoms with Gasteiger partial charge in [-0.25, -0.2) is 14.8 Å². The summed E-state index contributed by atoms with van der Waals surface area (Å²) in [5.74, 6) is 0.788. The Morgan fingerprint density at radius 1 is 1.27 bits per heavy atom. The van der Waals surface area contributed by atoms with E-state index in [2.05, 4.69) is 35.1 Å². The second-order valence-corrected chi connectivity index (χ2v) is 7.67. The van der Waals surface area contributed by atoms with E-state index in [1.54, 1.807) is 16.2 Å². The molecule has 3 rings (SSSR count). The van der Waals surface area contributed by atoms with Crippen LogP contribution in [0, 0.1) is 0 Å². The molecule has 0 unspecified atom stereocenters. The number of rotatable bonds is 6. The molecular weight excluding hydrogens is 513 g/mol. The van der Waals surface area contributed by atoms with E-state index in [4.69, 9.17) is 14.7 Å². The van der Waals surface area contributed by atoms with Gasteiger partial charge in [0.2, 0.25) is 0 Å². The third-order valence-electron chi connectivity index (χ3n) is 4.68. The van der Waals surface area contributed by atoms with Gasteiger partial charge in [-0.3, -0.25) is 0 Å². The van der Waals surface area contributed by atoms with E-state index in [1.165, 1.54) is 0 Å². The molecule has 0 aliphatic carbocycles. The van der Waals surface area contributed by atoms with Crippen LogP contribution in [0.25, 0.3) is 10.6 Å². The molecule has 1 saturated heterocycles. The van der Waals surface area contributed by atoms with Gasteiger partial charge in [0.1, 0.15) is 5.01 Å². The Labute approximate surface area is 199 Å². The molecular formula is C21H30IN5O2S. The Morgan fingerprint density at radius 3 is 2.67 bits per heavy atom. The number of amides is 1. The minimum Gasteiger partial charge on any atom is -0.450 e. The number of hydrogen-bond donors (Lipinski definition) is 2. The SMILES string of the molecule is CCNC(=NCc1csc(-c2ccccc2)n1)NC1CCN(C(=O)OCC)CC1.I. The third kappa shape index (κ3) is 7.12. The van der Waals surface area contributed by atoms with E-state index >= 15 is 0 Å². The summed E-state index contributed by atoms with van der Waals surface area (Å²) in [6, 6.07) is 10.5. The van der Waals surface area contributed by atoms with Crippen LogP contribution in [0.4, 0.5) is 4.79 Å². The Balaban J connectivity index is 0.00000320. The Kier molecular flexibility index (Phi) is 10.4. The number of guanidine groups is 1. The van der Waals surface area contributed by atoms with Crippen LogP contribution in [-0.2, 0) is 11.3 Å². The summed E-state index contributed by atoms with van der Waals surface area (Å²) in [7, 11) is 0. The van der Waals surface area contributed by atoms with Gasteiger partial charge in [0.05, 0.1) is 18.8 Å². The zero-order valence-electron chi connectivity index (χ0n) is 17.5. The van der Waals surface area contributed by atoms with Gasteiger partial charge >= 0.3 is 6.09 Å². The maximum atomic E-state index is 11.8. The van der Waals surface area contributed by atoms with Crippen LogP contribution in [0.2, 0.25) is 0 Å². The summed E-state index contributed by atoms with van der Waals surface area (Å²) in [5.41, 5.74) is 2.09. The lowest BCUT2D eigenvalue weighted by Crippen LogP contribution is -2.49. The first-order valence-electron chi connectivity index (χ1n) is 10.2. The van der Waals surface area contributed by atoms with Crippen molar-refractivity contribution in [1.82, 2.24) is 20.5 Å². The molecule has 9 heteroatoms. The number of benzene rings is 1. The number of halogens is 1. The normalized spacial score (nSPS) is 14.7. The number of aliphatic imine (C=N–C) groups is 1. The van der Waals surface area contributed by atoms with Crippen LogP contribution in [-0.4, -0.2) is 54.2 Å². The summed E-state index contributed by atoms with van der Waals surface area (Å²) >= 11 is 1.64. The van der Waals surface area contributed by atoms with Gasteiger partial charge < -0.3 is 20.3 Å². The number of aromatic nitrogens is 1. The van der Waals surface area contributed by atoms with Gasteiger partial charge in [-0.05, 0) is 26.7 Å². The third-order valence-corrected chi connectivity index (χ3v) is 5.62. The van der Waals surface area contributed by atoms with Gasteiger partial charge in [0.25, 0.3) is 0 Å². The molecule has 0 atom stereocenters. The highest BCUT2D eigenvalue weighted by molar-refractivity contribution is 14.0. The Morgan fingerprint density at radius 2 is 2.00 bits per heavy atom. The van der Waals surface area contributed by atoms with Gasteiger partial charge in [-0.1, -0.05) is 30.3 Å². The molecule has 1 fully saturated rings. The van der Waals surface area contributed by atoms with E-state index in [0.29, 0.717) is 26.2 Å². The minimum atomic E-state index is -0.218. The van der Waals surface area contributed by atoms with Crippen molar-refractivity contribution in [3.8, 4) is 10.6 Å².